The molecule has 0 saturated heterocycles. The Balaban J connectivity index is 2.16. The molecule has 1 heteroatoms. The first-order chi connectivity index (χ1) is 6.43. The predicted molar refractivity (Wildman–Crippen MR) is 64.2 cm³/mol. The summed E-state index contributed by atoms with van der Waals surface area (Å²) in [5.74, 6) is 0. The van der Waals surface area contributed by atoms with Crippen molar-refractivity contribution in [3.05, 3.63) is 0 Å². The molecule has 0 N–H and O–H groups in total. The van der Waals surface area contributed by atoms with Crippen LogP contribution in [0.25, 0.3) is 0 Å². The minimum Gasteiger partial charge on any atom is -0.119 e. The maximum atomic E-state index is 2.32. The SMILES string of the molecule is CCCPC1CCCCCCCC1. The summed E-state index contributed by atoms with van der Waals surface area (Å²) in [6.45, 7) is 2.32. The van der Waals surface area contributed by atoms with E-state index in [1.165, 1.54) is 59.7 Å². The first kappa shape index (κ1) is 11.5. The highest BCUT2D eigenvalue weighted by atomic mass is 31.1. The number of hydrogen-bond donors (Lipinski definition) is 0. The number of hydrogen-bond acceptors (Lipinski definition) is 0. The summed E-state index contributed by atoms with van der Waals surface area (Å²) < 4.78 is 0. The number of rotatable bonds is 3. The molecule has 0 aromatic carbocycles. The molecule has 1 saturated carbocycles. The van der Waals surface area contributed by atoms with Crippen molar-refractivity contribution in [3.8, 4) is 0 Å². The van der Waals surface area contributed by atoms with Crippen LogP contribution in [0.2, 0.25) is 0 Å². The van der Waals surface area contributed by atoms with Gasteiger partial charge < -0.3 is 0 Å². The van der Waals surface area contributed by atoms with Gasteiger partial charge in [-0.25, -0.2) is 0 Å². The lowest BCUT2D eigenvalue weighted by atomic mass is 10.1. The van der Waals surface area contributed by atoms with E-state index in [1.807, 2.05) is 0 Å². The molecule has 1 aliphatic rings. The van der Waals surface area contributed by atoms with E-state index in [2.05, 4.69) is 6.92 Å². The van der Waals surface area contributed by atoms with E-state index in [1.54, 1.807) is 12.8 Å². The molecule has 0 aliphatic heterocycles. The van der Waals surface area contributed by atoms with E-state index < -0.39 is 0 Å². The zero-order valence-corrected chi connectivity index (χ0v) is 10.1. The van der Waals surface area contributed by atoms with E-state index in [9.17, 15) is 0 Å². The molecule has 78 valence electrons. The van der Waals surface area contributed by atoms with Gasteiger partial charge in [0.2, 0.25) is 0 Å². The molecule has 1 aliphatic carbocycles. The van der Waals surface area contributed by atoms with Crippen LogP contribution in [-0.2, 0) is 0 Å². The molecular formula is C12H25P. The second kappa shape index (κ2) is 7.80. The van der Waals surface area contributed by atoms with Gasteiger partial charge in [0.05, 0.1) is 0 Å². The van der Waals surface area contributed by atoms with Crippen molar-refractivity contribution < 1.29 is 0 Å². The summed E-state index contributed by atoms with van der Waals surface area (Å²) >= 11 is 0. The van der Waals surface area contributed by atoms with Crippen LogP contribution in [0.3, 0.4) is 0 Å². The van der Waals surface area contributed by atoms with Crippen LogP contribution in [0.1, 0.15) is 64.7 Å². The van der Waals surface area contributed by atoms with Gasteiger partial charge in [0.25, 0.3) is 0 Å². The summed E-state index contributed by atoms with van der Waals surface area (Å²) in [6.07, 6.45) is 15.0. The monoisotopic (exact) mass is 200 g/mol. The van der Waals surface area contributed by atoms with E-state index in [4.69, 9.17) is 0 Å². The second-order valence-electron chi connectivity index (χ2n) is 4.35. The van der Waals surface area contributed by atoms with Gasteiger partial charge in [0.15, 0.2) is 0 Å². The van der Waals surface area contributed by atoms with Crippen molar-refractivity contribution in [2.45, 2.75) is 70.4 Å². The average molecular weight is 200 g/mol. The Morgan fingerprint density at radius 3 is 2.00 bits per heavy atom. The highest BCUT2D eigenvalue weighted by molar-refractivity contribution is 7.38. The topological polar surface area (TPSA) is 0 Å². The van der Waals surface area contributed by atoms with E-state index in [0.29, 0.717) is 0 Å². The van der Waals surface area contributed by atoms with Gasteiger partial charge in [-0.2, -0.15) is 0 Å². The van der Waals surface area contributed by atoms with Crippen LogP contribution in [0.5, 0.6) is 0 Å². The first-order valence-corrected chi connectivity index (χ1v) is 7.45. The van der Waals surface area contributed by atoms with E-state index in [0.717, 1.165) is 5.66 Å². The zero-order valence-electron chi connectivity index (χ0n) is 9.15. The highest BCUT2D eigenvalue weighted by Gasteiger charge is 2.09. The lowest BCUT2D eigenvalue weighted by Gasteiger charge is -2.14. The Labute approximate surface area is 85.7 Å². The highest BCUT2D eigenvalue weighted by Crippen LogP contribution is 2.30. The molecule has 13 heavy (non-hydrogen) atoms. The minimum absolute atomic E-state index is 1.11. The molecule has 0 bridgehead atoms. The van der Waals surface area contributed by atoms with Gasteiger partial charge in [-0.05, 0) is 24.7 Å². The fraction of sp³-hybridized carbons (Fsp3) is 1.00. The third-order valence-corrected chi connectivity index (χ3v) is 4.98. The Hall–Kier alpha value is 0.430. The van der Waals surface area contributed by atoms with Crippen molar-refractivity contribution in [3.63, 3.8) is 0 Å². The smallest absolute Gasteiger partial charge is 0.0237 e. The lowest BCUT2D eigenvalue weighted by molar-refractivity contribution is 0.624. The molecule has 0 radical (unpaired) electrons. The van der Waals surface area contributed by atoms with Gasteiger partial charge in [-0.1, -0.05) is 51.9 Å². The van der Waals surface area contributed by atoms with Gasteiger partial charge in [0.1, 0.15) is 0 Å². The third kappa shape index (κ3) is 5.68. The summed E-state index contributed by atoms with van der Waals surface area (Å²) in [5, 5.41) is 0. The van der Waals surface area contributed by atoms with Crippen molar-refractivity contribution in [2.75, 3.05) is 6.16 Å². The Morgan fingerprint density at radius 2 is 1.46 bits per heavy atom. The molecule has 1 atom stereocenters. The normalized spacial score (nSPS) is 22.8. The first-order valence-electron chi connectivity index (χ1n) is 6.17. The lowest BCUT2D eigenvalue weighted by Crippen LogP contribution is -2.00. The molecule has 1 rings (SSSR count). The van der Waals surface area contributed by atoms with Crippen LogP contribution >= 0.6 is 8.58 Å². The average Bonchev–Trinajstić information content (AvgIpc) is 2.28. The summed E-state index contributed by atoms with van der Waals surface area (Å²) in [5.41, 5.74) is 1.11. The van der Waals surface area contributed by atoms with E-state index in [-0.39, 0.29) is 0 Å². The quantitative estimate of drug-likeness (QED) is 0.585. The van der Waals surface area contributed by atoms with Crippen molar-refractivity contribution in [1.29, 1.82) is 0 Å². The predicted octanol–water partition coefficient (Wildman–Crippen LogP) is 4.58. The molecule has 0 aromatic rings. The maximum Gasteiger partial charge on any atom is -0.0237 e. The summed E-state index contributed by atoms with van der Waals surface area (Å²) in [4.78, 5) is 0. The summed E-state index contributed by atoms with van der Waals surface area (Å²) in [6, 6.07) is 0. The fourth-order valence-electron chi connectivity index (χ4n) is 2.19. The largest absolute Gasteiger partial charge is 0.119 e. The second-order valence-corrected chi connectivity index (χ2v) is 6.07. The van der Waals surface area contributed by atoms with Crippen LogP contribution in [0.4, 0.5) is 0 Å². The molecule has 0 spiro atoms. The molecule has 1 fully saturated rings. The third-order valence-electron chi connectivity index (χ3n) is 3.04. The molecule has 0 amide bonds. The summed E-state index contributed by atoms with van der Waals surface area (Å²) in [7, 11) is 1.27. The Bertz CT molecular complexity index is 102. The van der Waals surface area contributed by atoms with E-state index >= 15 is 0 Å². The van der Waals surface area contributed by atoms with Crippen molar-refractivity contribution >= 4 is 8.58 Å². The van der Waals surface area contributed by atoms with Crippen LogP contribution < -0.4 is 0 Å². The van der Waals surface area contributed by atoms with Crippen LogP contribution in [0, 0.1) is 0 Å². The molecule has 0 heterocycles. The van der Waals surface area contributed by atoms with Gasteiger partial charge in [-0.3, -0.25) is 0 Å². The van der Waals surface area contributed by atoms with Crippen molar-refractivity contribution in [1.82, 2.24) is 0 Å². The Morgan fingerprint density at radius 1 is 0.923 bits per heavy atom. The molecule has 0 aromatic heterocycles. The fourth-order valence-corrected chi connectivity index (χ4v) is 3.70. The van der Waals surface area contributed by atoms with Crippen molar-refractivity contribution in [2.24, 2.45) is 0 Å². The molecular weight excluding hydrogens is 175 g/mol. The Kier molecular flexibility index (Phi) is 6.90. The molecule has 0 nitrogen and oxygen atoms in total. The maximum absolute atomic E-state index is 2.32. The van der Waals surface area contributed by atoms with Crippen LogP contribution in [-0.4, -0.2) is 11.8 Å². The minimum atomic E-state index is 1.11. The van der Waals surface area contributed by atoms with Gasteiger partial charge >= 0.3 is 0 Å². The molecule has 1 unspecified atom stereocenters. The van der Waals surface area contributed by atoms with Gasteiger partial charge in [-0.15, -0.1) is 8.58 Å². The van der Waals surface area contributed by atoms with Gasteiger partial charge in [0, 0.05) is 0 Å². The standard InChI is InChI=1S/C12H25P/c1-2-11-13-12-9-7-5-3-4-6-8-10-12/h12-13H,2-11H2,1H3. The zero-order chi connectivity index (χ0) is 9.36. The van der Waals surface area contributed by atoms with Crippen LogP contribution in [0.15, 0.2) is 0 Å².